The monoisotopic (exact) mass is 494 g/mol. The van der Waals surface area contributed by atoms with Gasteiger partial charge >= 0.3 is 11.8 Å². The lowest BCUT2D eigenvalue weighted by Gasteiger charge is -2.31. The number of hydrogen-bond acceptors (Lipinski definition) is 5. The van der Waals surface area contributed by atoms with E-state index in [9.17, 15) is 22.8 Å². The van der Waals surface area contributed by atoms with Gasteiger partial charge in [-0.2, -0.15) is 13.2 Å². The van der Waals surface area contributed by atoms with Gasteiger partial charge in [0.25, 0.3) is 5.91 Å². The first-order valence-corrected chi connectivity index (χ1v) is 11.3. The molecule has 1 aliphatic heterocycles. The predicted octanol–water partition coefficient (Wildman–Crippen LogP) is 5.57. The standard InChI is InChI=1S/C27H21F3N2O4/c28-27(29,30)20-8-9-23(32-10-12-35-13-11-32)22(16-20)31-25(33)19-6-3-5-17(14-19)21-15-18-4-1-2-7-24(18)36-26(21)34/h1-9,14-16H,10-13H2,(H,31,33). The lowest BCUT2D eigenvalue weighted by atomic mass is 10.0. The molecule has 0 aliphatic carbocycles. The number of rotatable bonds is 4. The van der Waals surface area contributed by atoms with Crippen LogP contribution in [0.15, 0.2) is 82.0 Å². The first-order chi connectivity index (χ1) is 17.3. The second-order valence-electron chi connectivity index (χ2n) is 8.35. The van der Waals surface area contributed by atoms with Crippen LogP contribution in [0, 0.1) is 0 Å². The average molecular weight is 494 g/mol. The minimum Gasteiger partial charge on any atom is -0.422 e. The van der Waals surface area contributed by atoms with E-state index < -0.39 is 23.3 Å². The quantitative estimate of drug-likeness (QED) is 0.376. The summed E-state index contributed by atoms with van der Waals surface area (Å²) in [7, 11) is 0. The molecule has 0 spiro atoms. The molecule has 6 nitrogen and oxygen atoms in total. The summed E-state index contributed by atoms with van der Waals surface area (Å²) in [6.45, 7) is 1.85. The van der Waals surface area contributed by atoms with E-state index in [0.717, 1.165) is 17.5 Å². The molecule has 2 heterocycles. The second kappa shape index (κ2) is 9.50. The van der Waals surface area contributed by atoms with Crippen molar-refractivity contribution in [1.82, 2.24) is 0 Å². The Balaban J connectivity index is 1.49. The highest BCUT2D eigenvalue weighted by molar-refractivity contribution is 6.06. The lowest BCUT2D eigenvalue weighted by molar-refractivity contribution is -0.137. The molecule has 0 bridgehead atoms. The van der Waals surface area contributed by atoms with Crippen LogP contribution in [-0.4, -0.2) is 32.2 Å². The van der Waals surface area contributed by atoms with Gasteiger partial charge < -0.3 is 19.4 Å². The Morgan fingerprint density at radius 3 is 2.47 bits per heavy atom. The number of ether oxygens (including phenoxy) is 1. The Bertz CT molecular complexity index is 1490. The number of fused-ring (bicyclic) bond motifs is 1. The van der Waals surface area contributed by atoms with Gasteiger partial charge in [0, 0.05) is 24.0 Å². The molecule has 4 aromatic rings. The zero-order valence-corrected chi connectivity index (χ0v) is 19.0. The molecule has 184 valence electrons. The molecule has 0 unspecified atom stereocenters. The minimum atomic E-state index is -4.56. The number of amides is 1. The smallest absolute Gasteiger partial charge is 0.416 e. The molecule has 1 saturated heterocycles. The number of hydrogen-bond donors (Lipinski definition) is 1. The molecule has 0 radical (unpaired) electrons. The van der Waals surface area contributed by atoms with Gasteiger partial charge in [0.05, 0.1) is 35.7 Å². The van der Waals surface area contributed by atoms with Gasteiger partial charge in [-0.3, -0.25) is 4.79 Å². The maximum atomic E-state index is 13.4. The molecule has 0 saturated carbocycles. The van der Waals surface area contributed by atoms with Gasteiger partial charge in [0.2, 0.25) is 0 Å². The normalized spacial score (nSPS) is 14.1. The summed E-state index contributed by atoms with van der Waals surface area (Å²) < 4.78 is 51.0. The molecule has 5 rings (SSSR count). The van der Waals surface area contributed by atoms with Gasteiger partial charge in [0.15, 0.2) is 0 Å². The van der Waals surface area contributed by atoms with Crippen LogP contribution < -0.4 is 15.8 Å². The highest BCUT2D eigenvalue weighted by Crippen LogP contribution is 2.36. The van der Waals surface area contributed by atoms with Crippen LogP contribution in [0.5, 0.6) is 0 Å². The summed E-state index contributed by atoms with van der Waals surface area (Å²) in [5.41, 5.74) is 0.469. The van der Waals surface area contributed by atoms with Crippen molar-refractivity contribution in [2.45, 2.75) is 6.18 Å². The molecule has 9 heteroatoms. The highest BCUT2D eigenvalue weighted by atomic mass is 19.4. The number of morpholine rings is 1. The number of benzene rings is 3. The Morgan fingerprint density at radius 1 is 0.917 bits per heavy atom. The first-order valence-electron chi connectivity index (χ1n) is 11.3. The van der Waals surface area contributed by atoms with E-state index in [1.54, 1.807) is 36.4 Å². The molecule has 1 fully saturated rings. The summed E-state index contributed by atoms with van der Waals surface area (Å²) in [5.74, 6) is -0.601. The van der Waals surface area contributed by atoms with Gasteiger partial charge in [-0.1, -0.05) is 30.3 Å². The van der Waals surface area contributed by atoms with E-state index in [1.165, 1.54) is 18.2 Å². The van der Waals surface area contributed by atoms with Gasteiger partial charge in [0.1, 0.15) is 5.58 Å². The Labute approximate surface area is 203 Å². The zero-order valence-electron chi connectivity index (χ0n) is 19.0. The van der Waals surface area contributed by atoms with Crippen molar-refractivity contribution in [1.29, 1.82) is 0 Å². The Kier molecular flexibility index (Phi) is 6.24. The van der Waals surface area contributed by atoms with Crippen LogP contribution in [0.3, 0.4) is 0 Å². The predicted molar refractivity (Wildman–Crippen MR) is 130 cm³/mol. The molecule has 1 N–H and O–H groups in total. The van der Waals surface area contributed by atoms with Crippen LogP contribution in [0.1, 0.15) is 15.9 Å². The number of carbonyl (C=O) groups excluding carboxylic acids is 1. The van der Waals surface area contributed by atoms with E-state index in [0.29, 0.717) is 43.1 Å². The molecular formula is C27H21F3N2O4. The largest absolute Gasteiger partial charge is 0.422 e. The first kappa shape index (κ1) is 23.6. The van der Waals surface area contributed by atoms with Crippen molar-refractivity contribution in [2.75, 3.05) is 36.5 Å². The number of halogens is 3. The lowest BCUT2D eigenvalue weighted by Crippen LogP contribution is -2.36. The summed E-state index contributed by atoms with van der Waals surface area (Å²) >= 11 is 0. The molecule has 0 atom stereocenters. The van der Waals surface area contributed by atoms with Gasteiger partial charge in [-0.05, 0) is 48.0 Å². The topological polar surface area (TPSA) is 71.8 Å². The third-order valence-corrected chi connectivity index (χ3v) is 6.00. The summed E-state index contributed by atoms with van der Waals surface area (Å²) in [6.07, 6.45) is -4.56. The number of nitrogens with zero attached hydrogens (tertiary/aromatic N) is 1. The number of carbonyl (C=O) groups is 1. The second-order valence-corrected chi connectivity index (χ2v) is 8.35. The molecule has 3 aromatic carbocycles. The average Bonchev–Trinajstić information content (AvgIpc) is 2.88. The zero-order chi connectivity index (χ0) is 25.3. The van der Waals surface area contributed by atoms with Crippen LogP contribution in [0.25, 0.3) is 22.1 Å². The number of anilines is 2. The van der Waals surface area contributed by atoms with Crippen molar-refractivity contribution in [3.05, 3.63) is 94.3 Å². The van der Waals surface area contributed by atoms with Gasteiger partial charge in [-0.15, -0.1) is 0 Å². The maximum Gasteiger partial charge on any atom is 0.416 e. The summed E-state index contributed by atoms with van der Waals surface area (Å²) in [5, 5.41) is 3.36. The maximum absolute atomic E-state index is 13.4. The van der Waals surface area contributed by atoms with E-state index in [2.05, 4.69) is 5.32 Å². The van der Waals surface area contributed by atoms with Crippen LogP contribution in [0.4, 0.5) is 24.5 Å². The van der Waals surface area contributed by atoms with Crippen LogP contribution in [0.2, 0.25) is 0 Å². The number of para-hydroxylation sites is 1. The number of nitrogens with one attached hydrogen (secondary N) is 1. The van der Waals surface area contributed by atoms with Gasteiger partial charge in [-0.25, -0.2) is 4.79 Å². The summed E-state index contributed by atoms with van der Waals surface area (Å²) in [6, 6.07) is 18.4. The van der Waals surface area contributed by atoms with E-state index >= 15 is 0 Å². The summed E-state index contributed by atoms with van der Waals surface area (Å²) in [4.78, 5) is 27.6. The molecule has 1 aliphatic rings. The van der Waals surface area contributed by atoms with E-state index in [-0.39, 0.29) is 16.8 Å². The van der Waals surface area contributed by atoms with E-state index in [4.69, 9.17) is 9.15 Å². The third kappa shape index (κ3) is 4.83. The third-order valence-electron chi connectivity index (χ3n) is 6.00. The van der Waals surface area contributed by atoms with Crippen molar-refractivity contribution in [3.63, 3.8) is 0 Å². The fraction of sp³-hybridized carbons (Fsp3) is 0.185. The fourth-order valence-corrected chi connectivity index (χ4v) is 4.18. The van der Waals surface area contributed by atoms with Crippen molar-refractivity contribution in [3.8, 4) is 11.1 Å². The molecule has 1 aromatic heterocycles. The molecule has 36 heavy (non-hydrogen) atoms. The molecular weight excluding hydrogens is 473 g/mol. The molecule has 1 amide bonds. The minimum absolute atomic E-state index is 0.0485. The Morgan fingerprint density at radius 2 is 1.69 bits per heavy atom. The highest BCUT2D eigenvalue weighted by Gasteiger charge is 2.32. The van der Waals surface area contributed by atoms with Crippen molar-refractivity contribution in [2.24, 2.45) is 0 Å². The van der Waals surface area contributed by atoms with E-state index in [1.807, 2.05) is 11.0 Å². The SMILES string of the molecule is O=C(Nc1cc(C(F)(F)F)ccc1N1CCOCC1)c1cccc(-c2cc3ccccc3oc2=O)c1. The number of alkyl halides is 3. The van der Waals surface area contributed by atoms with Crippen LogP contribution in [-0.2, 0) is 10.9 Å². The fourth-order valence-electron chi connectivity index (χ4n) is 4.18. The Hall–Kier alpha value is -4.11. The van der Waals surface area contributed by atoms with Crippen LogP contribution >= 0.6 is 0 Å². The van der Waals surface area contributed by atoms with Crippen molar-refractivity contribution < 1.29 is 27.1 Å². The van der Waals surface area contributed by atoms with Crippen molar-refractivity contribution >= 4 is 28.3 Å².